The minimum absolute atomic E-state index is 0.152. The van der Waals surface area contributed by atoms with Gasteiger partial charge in [0, 0.05) is 38.3 Å². The summed E-state index contributed by atoms with van der Waals surface area (Å²) in [4.78, 5) is 4.49. The first-order chi connectivity index (χ1) is 8.70. The van der Waals surface area contributed by atoms with Gasteiger partial charge in [-0.15, -0.1) is 0 Å². The van der Waals surface area contributed by atoms with Gasteiger partial charge >= 0.3 is 0 Å². The minimum atomic E-state index is 0.152. The van der Waals surface area contributed by atoms with Crippen LogP contribution >= 0.6 is 0 Å². The fraction of sp³-hybridized carbons (Fsp3) is 0.462. The summed E-state index contributed by atoms with van der Waals surface area (Å²) in [6.07, 6.45) is 0. The number of phenols is 1. The molecule has 0 saturated carbocycles. The molecule has 0 aliphatic carbocycles. The first-order valence-electron chi connectivity index (χ1n) is 6.11. The highest BCUT2D eigenvalue weighted by atomic mass is 16.4. The minimum Gasteiger partial charge on any atom is -0.507 e. The summed E-state index contributed by atoms with van der Waals surface area (Å²) in [6, 6.07) is 6.94. The van der Waals surface area contributed by atoms with Crippen LogP contribution in [0.25, 0.3) is 0 Å². The highest BCUT2D eigenvalue weighted by Gasteiger charge is 2.18. The molecule has 1 aliphatic heterocycles. The quantitative estimate of drug-likeness (QED) is 0.473. The van der Waals surface area contributed by atoms with E-state index < -0.39 is 0 Å². The van der Waals surface area contributed by atoms with Crippen molar-refractivity contribution >= 4 is 5.71 Å². The van der Waals surface area contributed by atoms with Gasteiger partial charge in [0.15, 0.2) is 0 Å². The lowest BCUT2D eigenvalue weighted by molar-refractivity contribution is 0.169. The van der Waals surface area contributed by atoms with Gasteiger partial charge in [0.2, 0.25) is 0 Å². The second-order valence-electron chi connectivity index (χ2n) is 4.64. The number of oxime groups is 1. The smallest absolute Gasteiger partial charge is 0.124 e. The predicted molar refractivity (Wildman–Crippen MR) is 70.4 cm³/mol. The number of aromatic hydroxyl groups is 1. The fourth-order valence-electron chi connectivity index (χ4n) is 2.11. The molecule has 2 N–H and O–H groups in total. The van der Waals surface area contributed by atoms with Crippen LogP contribution in [0.1, 0.15) is 5.56 Å². The number of likely N-dealkylation sites (N-methyl/N-ethyl adjacent to an activating group) is 1. The van der Waals surface area contributed by atoms with Crippen molar-refractivity contribution in [3.05, 3.63) is 29.8 Å². The van der Waals surface area contributed by atoms with Gasteiger partial charge in [-0.3, -0.25) is 4.90 Å². The van der Waals surface area contributed by atoms with Crippen molar-refractivity contribution in [1.29, 1.82) is 0 Å². The summed E-state index contributed by atoms with van der Waals surface area (Å²) in [5.41, 5.74) is 1.11. The van der Waals surface area contributed by atoms with E-state index in [0.29, 0.717) is 17.8 Å². The lowest BCUT2D eigenvalue weighted by Crippen LogP contribution is -2.46. The SMILES string of the molecule is CN1CCN(C/C(=N/O)c2ccccc2O)CC1. The van der Waals surface area contributed by atoms with Gasteiger partial charge < -0.3 is 15.2 Å². The van der Waals surface area contributed by atoms with Gasteiger partial charge in [-0.05, 0) is 19.2 Å². The average molecular weight is 249 g/mol. The van der Waals surface area contributed by atoms with Crippen LogP contribution in [0.2, 0.25) is 0 Å². The van der Waals surface area contributed by atoms with Crippen LogP contribution in [0.5, 0.6) is 5.75 Å². The topological polar surface area (TPSA) is 59.3 Å². The molecule has 0 amide bonds. The molecule has 0 radical (unpaired) electrons. The van der Waals surface area contributed by atoms with E-state index in [9.17, 15) is 5.11 Å². The Hall–Kier alpha value is -1.59. The van der Waals surface area contributed by atoms with Crippen LogP contribution in [0.4, 0.5) is 0 Å². The van der Waals surface area contributed by atoms with E-state index in [2.05, 4.69) is 22.0 Å². The Kier molecular flexibility index (Phi) is 4.17. The molecule has 0 bridgehead atoms. The van der Waals surface area contributed by atoms with Gasteiger partial charge in [0.05, 0.1) is 0 Å². The largest absolute Gasteiger partial charge is 0.507 e. The van der Waals surface area contributed by atoms with Gasteiger partial charge in [-0.25, -0.2) is 0 Å². The molecule has 0 aromatic heterocycles. The number of para-hydroxylation sites is 1. The average Bonchev–Trinajstić information content (AvgIpc) is 2.39. The van der Waals surface area contributed by atoms with E-state index >= 15 is 0 Å². The molecule has 1 fully saturated rings. The Morgan fingerprint density at radius 3 is 2.50 bits per heavy atom. The molecule has 1 heterocycles. The molecule has 1 aromatic carbocycles. The molecule has 0 atom stereocenters. The Morgan fingerprint density at radius 1 is 1.22 bits per heavy atom. The summed E-state index contributed by atoms with van der Waals surface area (Å²) >= 11 is 0. The van der Waals surface area contributed by atoms with E-state index in [0.717, 1.165) is 26.2 Å². The summed E-state index contributed by atoms with van der Waals surface area (Å²) in [6.45, 7) is 4.48. The van der Waals surface area contributed by atoms with E-state index in [-0.39, 0.29) is 5.75 Å². The first-order valence-corrected chi connectivity index (χ1v) is 6.11. The van der Waals surface area contributed by atoms with Crippen molar-refractivity contribution < 1.29 is 10.3 Å². The molecule has 5 nitrogen and oxygen atoms in total. The zero-order valence-electron chi connectivity index (χ0n) is 10.6. The van der Waals surface area contributed by atoms with Crippen molar-refractivity contribution in [3.63, 3.8) is 0 Å². The highest BCUT2D eigenvalue weighted by Crippen LogP contribution is 2.17. The lowest BCUT2D eigenvalue weighted by atomic mass is 10.1. The van der Waals surface area contributed by atoms with E-state index in [1.165, 1.54) is 0 Å². The fourth-order valence-corrected chi connectivity index (χ4v) is 2.11. The number of rotatable bonds is 3. The molecular formula is C13H19N3O2. The third-order valence-corrected chi connectivity index (χ3v) is 3.30. The van der Waals surface area contributed by atoms with E-state index in [1.54, 1.807) is 18.2 Å². The van der Waals surface area contributed by atoms with Crippen molar-refractivity contribution in [2.45, 2.75) is 0 Å². The normalized spacial score (nSPS) is 19.1. The van der Waals surface area contributed by atoms with Crippen LogP contribution in [-0.4, -0.2) is 65.6 Å². The van der Waals surface area contributed by atoms with Crippen molar-refractivity contribution in [2.24, 2.45) is 5.16 Å². The molecule has 5 heteroatoms. The molecular weight excluding hydrogens is 230 g/mol. The van der Waals surface area contributed by atoms with Crippen molar-refractivity contribution in [3.8, 4) is 5.75 Å². The summed E-state index contributed by atoms with van der Waals surface area (Å²) < 4.78 is 0. The maximum absolute atomic E-state index is 9.76. The maximum atomic E-state index is 9.76. The lowest BCUT2D eigenvalue weighted by Gasteiger charge is -2.32. The van der Waals surface area contributed by atoms with Crippen LogP contribution in [0, 0.1) is 0 Å². The van der Waals surface area contributed by atoms with E-state index in [1.807, 2.05) is 6.07 Å². The third kappa shape index (κ3) is 3.00. The maximum Gasteiger partial charge on any atom is 0.124 e. The molecule has 0 unspecified atom stereocenters. The summed E-state index contributed by atoms with van der Waals surface area (Å²) in [7, 11) is 2.10. The Balaban J connectivity index is 2.05. The Labute approximate surface area is 107 Å². The zero-order valence-corrected chi connectivity index (χ0v) is 10.6. The molecule has 2 rings (SSSR count). The summed E-state index contributed by atoms with van der Waals surface area (Å²) in [5, 5.41) is 22.2. The zero-order chi connectivity index (χ0) is 13.0. The second kappa shape index (κ2) is 5.84. The van der Waals surface area contributed by atoms with Crippen LogP contribution < -0.4 is 0 Å². The van der Waals surface area contributed by atoms with Gasteiger partial charge in [0.25, 0.3) is 0 Å². The number of phenolic OH excluding ortho intramolecular Hbond substituents is 1. The number of hydrogen-bond donors (Lipinski definition) is 2. The monoisotopic (exact) mass is 249 g/mol. The van der Waals surface area contributed by atoms with Gasteiger partial charge in [-0.2, -0.15) is 0 Å². The Bertz CT molecular complexity index is 426. The van der Waals surface area contributed by atoms with Crippen LogP contribution in [0.15, 0.2) is 29.4 Å². The highest BCUT2D eigenvalue weighted by molar-refractivity contribution is 6.03. The number of piperazine rings is 1. The molecule has 98 valence electrons. The molecule has 0 spiro atoms. The standard InChI is InChI=1S/C13H19N3O2/c1-15-6-8-16(9-7-15)10-12(14-18)11-4-2-3-5-13(11)17/h2-5,17-18H,6-10H2,1H3/b14-12-. The Morgan fingerprint density at radius 2 is 1.89 bits per heavy atom. The summed E-state index contributed by atoms with van der Waals surface area (Å²) in [5.74, 6) is 0.152. The van der Waals surface area contributed by atoms with Crippen LogP contribution in [-0.2, 0) is 0 Å². The molecule has 1 aromatic rings. The molecule has 18 heavy (non-hydrogen) atoms. The first kappa shape index (κ1) is 12.9. The van der Waals surface area contributed by atoms with Crippen molar-refractivity contribution in [2.75, 3.05) is 39.8 Å². The molecule has 1 aliphatic rings. The number of benzene rings is 1. The number of hydrogen-bond acceptors (Lipinski definition) is 5. The van der Waals surface area contributed by atoms with Crippen molar-refractivity contribution in [1.82, 2.24) is 9.80 Å². The second-order valence-corrected chi connectivity index (χ2v) is 4.64. The van der Waals surface area contributed by atoms with Crippen LogP contribution in [0.3, 0.4) is 0 Å². The van der Waals surface area contributed by atoms with Gasteiger partial charge in [-0.1, -0.05) is 17.3 Å². The third-order valence-electron chi connectivity index (χ3n) is 3.30. The number of nitrogens with zero attached hydrogens (tertiary/aromatic N) is 3. The van der Waals surface area contributed by atoms with E-state index in [4.69, 9.17) is 5.21 Å². The van der Waals surface area contributed by atoms with Gasteiger partial charge in [0.1, 0.15) is 11.5 Å². The molecule has 1 saturated heterocycles. The predicted octanol–water partition coefficient (Wildman–Crippen LogP) is 0.818.